The lowest BCUT2D eigenvalue weighted by atomic mass is 10.1. The van der Waals surface area contributed by atoms with Gasteiger partial charge in [-0.05, 0) is 0 Å². The second-order valence-corrected chi connectivity index (χ2v) is 5.29. The lowest BCUT2D eigenvalue weighted by molar-refractivity contribution is -0.151. The highest BCUT2D eigenvalue weighted by Gasteiger charge is 2.36. The maximum absolute atomic E-state index is 13.2. The normalized spacial score (nSPS) is 12.4. The number of rotatable bonds is 6. The Labute approximate surface area is 117 Å². The largest absolute Gasteiger partial charge is 0.389 e. The summed E-state index contributed by atoms with van der Waals surface area (Å²) >= 11 is 0.690. The van der Waals surface area contributed by atoms with Gasteiger partial charge in [-0.2, -0.15) is 13.2 Å². The van der Waals surface area contributed by atoms with Gasteiger partial charge in [0.1, 0.15) is 0 Å². The lowest BCUT2D eigenvalue weighted by Crippen LogP contribution is -2.21. The van der Waals surface area contributed by atoms with Gasteiger partial charge in [0.25, 0.3) is 0 Å². The van der Waals surface area contributed by atoms with E-state index < -0.39 is 31.4 Å². The molecule has 0 heterocycles. The molecule has 0 aliphatic heterocycles. The molecular weight excluding hydrogens is 299 g/mol. The summed E-state index contributed by atoms with van der Waals surface area (Å²) in [6.07, 6.45) is -8.09. The van der Waals surface area contributed by atoms with Crippen LogP contribution in [0.3, 0.4) is 0 Å². The molecule has 0 atom stereocenters. The van der Waals surface area contributed by atoms with Crippen LogP contribution >= 0.6 is 11.8 Å². The number of hydrogen-bond donors (Lipinski definition) is 0. The summed E-state index contributed by atoms with van der Waals surface area (Å²) in [6, 6.07) is 8.11. The number of thioether (sulfide) groups is 1. The highest BCUT2D eigenvalue weighted by molar-refractivity contribution is 8.14. The van der Waals surface area contributed by atoms with Crippen molar-refractivity contribution in [2.24, 2.45) is 0 Å². The zero-order valence-electron chi connectivity index (χ0n) is 10.4. The van der Waals surface area contributed by atoms with Crippen molar-refractivity contribution in [2.45, 2.75) is 31.4 Å². The first-order chi connectivity index (χ1) is 9.20. The minimum atomic E-state index is -4.59. The lowest BCUT2D eigenvalue weighted by Gasteiger charge is -2.16. The van der Waals surface area contributed by atoms with E-state index >= 15 is 0 Å². The van der Waals surface area contributed by atoms with Crippen molar-refractivity contribution >= 4 is 16.9 Å². The monoisotopic (exact) mass is 312 g/mol. The van der Waals surface area contributed by atoms with Gasteiger partial charge in [0.15, 0.2) is 0 Å². The van der Waals surface area contributed by atoms with E-state index in [2.05, 4.69) is 0 Å². The summed E-state index contributed by atoms with van der Waals surface area (Å²) in [5.74, 6) is -3.61. The van der Waals surface area contributed by atoms with Gasteiger partial charge >= 0.3 is 6.18 Å². The molecule has 0 N–H and O–H groups in total. The van der Waals surface area contributed by atoms with E-state index in [0.717, 1.165) is 0 Å². The molecule has 1 aromatic rings. The second kappa shape index (κ2) is 7.06. The molecule has 0 radical (unpaired) electrons. The Morgan fingerprint density at radius 3 is 2.10 bits per heavy atom. The van der Waals surface area contributed by atoms with Crippen LogP contribution in [0.5, 0.6) is 0 Å². The second-order valence-electron chi connectivity index (χ2n) is 4.22. The van der Waals surface area contributed by atoms with Gasteiger partial charge in [0.05, 0.1) is 0 Å². The summed E-state index contributed by atoms with van der Waals surface area (Å²) in [5, 5.41) is -0.364. The van der Waals surface area contributed by atoms with Gasteiger partial charge < -0.3 is 0 Å². The molecule has 0 bridgehead atoms. The Hall–Kier alpha value is -1.11. The molecule has 0 aliphatic rings. The first-order valence-electron chi connectivity index (χ1n) is 5.86. The molecule has 0 amide bonds. The Bertz CT molecular complexity index is 430. The Morgan fingerprint density at radius 2 is 1.55 bits per heavy atom. The molecule has 0 saturated heterocycles. The predicted molar refractivity (Wildman–Crippen MR) is 68.1 cm³/mol. The molecule has 0 aromatic heterocycles. The van der Waals surface area contributed by atoms with Gasteiger partial charge in [-0.1, -0.05) is 42.1 Å². The number of carbonyl (C=O) groups is 1. The third-order valence-electron chi connectivity index (χ3n) is 2.48. The average Bonchev–Trinajstić information content (AvgIpc) is 2.37. The zero-order chi connectivity index (χ0) is 15.2. The third-order valence-corrected chi connectivity index (χ3v) is 3.39. The number of hydrogen-bond acceptors (Lipinski definition) is 2. The van der Waals surface area contributed by atoms with Crippen LogP contribution in [0, 0.1) is 0 Å². The van der Waals surface area contributed by atoms with Crippen LogP contribution in [0.4, 0.5) is 22.0 Å². The van der Waals surface area contributed by atoms with E-state index in [1.807, 2.05) is 0 Å². The van der Waals surface area contributed by atoms with E-state index in [-0.39, 0.29) is 10.9 Å². The first-order valence-corrected chi connectivity index (χ1v) is 6.85. The molecule has 1 rings (SSSR count). The number of halogens is 5. The molecule has 0 fully saturated rings. The van der Waals surface area contributed by atoms with Crippen LogP contribution < -0.4 is 0 Å². The molecule has 1 aromatic carbocycles. The quantitative estimate of drug-likeness (QED) is 0.693. The van der Waals surface area contributed by atoms with Crippen molar-refractivity contribution in [1.82, 2.24) is 0 Å². The van der Waals surface area contributed by atoms with Gasteiger partial charge in [-0.15, -0.1) is 0 Å². The fraction of sp³-hybridized carbons (Fsp3) is 0.462. The fourth-order valence-corrected chi connectivity index (χ4v) is 2.29. The molecule has 0 spiro atoms. The van der Waals surface area contributed by atoms with Crippen LogP contribution in [0.1, 0.15) is 29.6 Å². The standard InChI is InChI=1S/C13H13F5OS/c14-12(15,6-7-13(16,17)18)8-9-20-11(19)10-4-2-1-3-5-10/h1-5H,6-9H2. The van der Waals surface area contributed by atoms with Gasteiger partial charge in [-0.25, -0.2) is 8.78 Å². The number of alkyl halides is 5. The van der Waals surface area contributed by atoms with Crippen LogP contribution in [0.15, 0.2) is 30.3 Å². The van der Waals surface area contributed by atoms with E-state index in [9.17, 15) is 26.7 Å². The molecular formula is C13H13F5OS. The molecule has 1 nitrogen and oxygen atoms in total. The molecule has 0 unspecified atom stereocenters. The van der Waals surface area contributed by atoms with Crippen LogP contribution in [0.2, 0.25) is 0 Å². The first kappa shape index (κ1) is 16.9. The van der Waals surface area contributed by atoms with Gasteiger partial charge in [-0.3, -0.25) is 4.79 Å². The van der Waals surface area contributed by atoms with Gasteiger partial charge in [0.2, 0.25) is 11.0 Å². The zero-order valence-corrected chi connectivity index (χ0v) is 11.2. The topological polar surface area (TPSA) is 17.1 Å². The van der Waals surface area contributed by atoms with Crippen LogP contribution in [-0.4, -0.2) is 23.0 Å². The number of benzene rings is 1. The molecule has 20 heavy (non-hydrogen) atoms. The fourth-order valence-electron chi connectivity index (χ4n) is 1.40. The summed E-state index contributed by atoms with van der Waals surface area (Å²) < 4.78 is 62.0. The smallest absolute Gasteiger partial charge is 0.282 e. The van der Waals surface area contributed by atoms with Crippen molar-refractivity contribution in [3.63, 3.8) is 0 Å². The maximum atomic E-state index is 13.2. The van der Waals surface area contributed by atoms with E-state index in [0.29, 0.717) is 17.3 Å². The van der Waals surface area contributed by atoms with Crippen molar-refractivity contribution in [1.29, 1.82) is 0 Å². The van der Waals surface area contributed by atoms with Crippen molar-refractivity contribution in [3.05, 3.63) is 35.9 Å². The minimum absolute atomic E-state index is 0.210. The summed E-state index contributed by atoms with van der Waals surface area (Å²) in [5.41, 5.74) is 0.385. The van der Waals surface area contributed by atoms with Crippen molar-refractivity contribution < 1.29 is 26.7 Å². The van der Waals surface area contributed by atoms with E-state index in [1.54, 1.807) is 30.3 Å². The highest BCUT2D eigenvalue weighted by Crippen LogP contribution is 2.32. The SMILES string of the molecule is O=C(SCCC(F)(F)CCC(F)(F)F)c1ccccc1. The molecule has 0 saturated carbocycles. The molecule has 0 aliphatic carbocycles. The Balaban J connectivity index is 2.34. The van der Waals surface area contributed by atoms with E-state index in [1.165, 1.54) is 0 Å². The van der Waals surface area contributed by atoms with E-state index in [4.69, 9.17) is 0 Å². The predicted octanol–water partition coefficient (Wildman–Crippen LogP) is 4.93. The van der Waals surface area contributed by atoms with Crippen molar-refractivity contribution in [3.8, 4) is 0 Å². The van der Waals surface area contributed by atoms with Crippen LogP contribution in [0.25, 0.3) is 0 Å². The Kier molecular flexibility index (Phi) is 5.98. The summed E-state index contributed by atoms with van der Waals surface area (Å²) in [4.78, 5) is 11.6. The highest BCUT2D eigenvalue weighted by atomic mass is 32.2. The average molecular weight is 312 g/mol. The number of carbonyl (C=O) groups excluding carboxylic acids is 1. The van der Waals surface area contributed by atoms with Crippen LogP contribution in [-0.2, 0) is 0 Å². The Morgan fingerprint density at radius 1 is 0.950 bits per heavy atom. The summed E-state index contributed by atoms with van der Waals surface area (Å²) in [6.45, 7) is 0. The maximum Gasteiger partial charge on any atom is 0.389 e. The summed E-state index contributed by atoms with van der Waals surface area (Å²) in [7, 11) is 0. The van der Waals surface area contributed by atoms with Crippen molar-refractivity contribution in [2.75, 3.05) is 5.75 Å². The minimum Gasteiger partial charge on any atom is -0.282 e. The molecule has 7 heteroatoms. The van der Waals surface area contributed by atoms with Gasteiger partial charge in [0, 0.05) is 30.6 Å². The third kappa shape index (κ3) is 6.88. The molecule has 112 valence electrons.